The van der Waals surface area contributed by atoms with Crippen LogP contribution in [0.4, 0.5) is 5.69 Å². The van der Waals surface area contributed by atoms with Gasteiger partial charge in [0.1, 0.15) is 0 Å². The maximum atomic E-state index is 13.0. The molecule has 2 aromatic rings. The van der Waals surface area contributed by atoms with E-state index < -0.39 is 0 Å². The molecule has 1 fully saturated rings. The fourth-order valence-corrected chi connectivity index (χ4v) is 3.66. The zero-order valence-electron chi connectivity index (χ0n) is 16.1. The number of aliphatic hydroxyl groups excluding tert-OH is 1. The second kappa shape index (κ2) is 9.48. The van der Waals surface area contributed by atoms with E-state index in [2.05, 4.69) is 10.2 Å². The van der Waals surface area contributed by atoms with Gasteiger partial charge in [0.15, 0.2) is 0 Å². The number of hydrogen-bond acceptors (Lipinski definition) is 4. The molecule has 0 aliphatic carbocycles. The summed E-state index contributed by atoms with van der Waals surface area (Å²) in [6.45, 7) is 2.17. The third kappa shape index (κ3) is 5.18. The van der Waals surface area contributed by atoms with Gasteiger partial charge in [-0.25, -0.2) is 0 Å². The van der Waals surface area contributed by atoms with E-state index >= 15 is 0 Å². The topological polar surface area (TPSA) is 72.9 Å². The lowest BCUT2D eigenvalue weighted by Crippen LogP contribution is -2.39. The molecule has 0 saturated carbocycles. The number of carbonyl (C=O) groups is 2. The normalized spacial score (nSPS) is 17.9. The fraction of sp³-hybridized carbons (Fsp3) is 0.364. The minimum atomic E-state index is -0.287. The summed E-state index contributed by atoms with van der Waals surface area (Å²) in [5.41, 5.74) is 2.61. The molecule has 28 heavy (non-hydrogen) atoms. The number of likely N-dealkylation sites (tertiary alicyclic amines) is 1. The van der Waals surface area contributed by atoms with Crippen molar-refractivity contribution in [2.24, 2.45) is 0 Å². The number of rotatable bonds is 8. The summed E-state index contributed by atoms with van der Waals surface area (Å²) in [6.07, 6.45) is 1.38. The van der Waals surface area contributed by atoms with Crippen LogP contribution in [0.1, 0.15) is 23.6 Å². The summed E-state index contributed by atoms with van der Waals surface area (Å²) in [7, 11) is 1.83. The highest BCUT2D eigenvalue weighted by molar-refractivity contribution is 5.80. The standard InChI is InChI=1S/C22H27N3O3/c1-24(22(28)13-17-6-5-9-19(12-17)23-16-26)21(18-7-3-2-4-8-18)15-25-11-10-20(27)14-25/h2-9,12,16,20-21,27H,10-11,13-15H2,1H3,(H,23,26)/t20-,21+/m0/s1. The van der Waals surface area contributed by atoms with E-state index in [4.69, 9.17) is 0 Å². The van der Waals surface area contributed by atoms with Crippen LogP contribution in [0, 0.1) is 0 Å². The molecule has 1 aliphatic rings. The van der Waals surface area contributed by atoms with Gasteiger partial charge in [0.2, 0.25) is 12.3 Å². The molecule has 0 spiro atoms. The van der Waals surface area contributed by atoms with Gasteiger partial charge in [-0.2, -0.15) is 0 Å². The van der Waals surface area contributed by atoms with Gasteiger partial charge in [-0.3, -0.25) is 14.5 Å². The van der Waals surface area contributed by atoms with Crippen molar-refractivity contribution < 1.29 is 14.7 Å². The minimum Gasteiger partial charge on any atom is -0.392 e. The molecule has 3 rings (SSSR count). The molecule has 2 N–H and O–H groups in total. The van der Waals surface area contributed by atoms with Crippen molar-refractivity contribution >= 4 is 18.0 Å². The highest BCUT2D eigenvalue weighted by Crippen LogP contribution is 2.24. The Hall–Kier alpha value is -2.70. The number of benzene rings is 2. The van der Waals surface area contributed by atoms with Gasteiger partial charge >= 0.3 is 0 Å². The first-order valence-corrected chi connectivity index (χ1v) is 9.57. The van der Waals surface area contributed by atoms with Crippen LogP contribution in [0.2, 0.25) is 0 Å². The van der Waals surface area contributed by atoms with Crippen molar-refractivity contribution in [2.75, 3.05) is 32.0 Å². The molecule has 2 amide bonds. The van der Waals surface area contributed by atoms with Gasteiger partial charge < -0.3 is 15.3 Å². The van der Waals surface area contributed by atoms with Crippen molar-refractivity contribution in [3.63, 3.8) is 0 Å². The molecule has 0 bridgehead atoms. The second-order valence-corrected chi connectivity index (χ2v) is 7.27. The lowest BCUT2D eigenvalue weighted by molar-refractivity contribution is -0.131. The van der Waals surface area contributed by atoms with Gasteiger partial charge in [0.05, 0.1) is 18.6 Å². The molecule has 0 radical (unpaired) electrons. The number of aliphatic hydroxyl groups is 1. The average Bonchev–Trinajstić information content (AvgIpc) is 3.12. The predicted molar refractivity (Wildman–Crippen MR) is 109 cm³/mol. The van der Waals surface area contributed by atoms with Gasteiger partial charge in [-0.1, -0.05) is 42.5 Å². The molecule has 1 aliphatic heterocycles. The first-order valence-electron chi connectivity index (χ1n) is 9.57. The summed E-state index contributed by atoms with van der Waals surface area (Å²) in [5.74, 6) is 0.0110. The third-order valence-electron chi connectivity index (χ3n) is 5.23. The Balaban J connectivity index is 1.74. The fourth-order valence-electron chi connectivity index (χ4n) is 3.66. The molecule has 2 atom stereocenters. The number of nitrogens with zero attached hydrogens (tertiary/aromatic N) is 2. The molecule has 1 heterocycles. The Morgan fingerprint density at radius 1 is 1.29 bits per heavy atom. The highest BCUT2D eigenvalue weighted by atomic mass is 16.3. The molecule has 6 nitrogen and oxygen atoms in total. The maximum absolute atomic E-state index is 13.0. The Morgan fingerprint density at radius 3 is 2.75 bits per heavy atom. The predicted octanol–water partition coefficient (Wildman–Crippen LogP) is 2.06. The van der Waals surface area contributed by atoms with Crippen molar-refractivity contribution in [2.45, 2.75) is 25.0 Å². The van der Waals surface area contributed by atoms with E-state index in [1.807, 2.05) is 55.6 Å². The number of likely N-dealkylation sites (N-methyl/N-ethyl adjacent to an activating group) is 1. The highest BCUT2D eigenvalue weighted by Gasteiger charge is 2.28. The van der Waals surface area contributed by atoms with E-state index in [1.54, 1.807) is 11.0 Å². The Kier molecular flexibility index (Phi) is 6.79. The third-order valence-corrected chi connectivity index (χ3v) is 5.23. The van der Waals surface area contributed by atoms with Crippen LogP contribution in [0.5, 0.6) is 0 Å². The van der Waals surface area contributed by atoms with Crippen LogP contribution in [-0.4, -0.2) is 60.0 Å². The van der Waals surface area contributed by atoms with Crippen LogP contribution >= 0.6 is 0 Å². The van der Waals surface area contributed by atoms with E-state index in [0.29, 0.717) is 25.2 Å². The first kappa shape index (κ1) is 20.0. The summed E-state index contributed by atoms with van der Waals surface area (Å²) in [6, 6.07) is 17.2. The maximum Gasteiger partial charge on any atom is 0.227 e. The summed E-state index contributed by atoms with van der Waals surface area (Å²) >= 11 is 0. The van der Waals surface area contributed by atoms with Crippen LogP contribution < -0.4 is 5.32 Å². The largest absolute Gasteiger partial charge is 0.392 e. The minimum absolute atomic E-state index is 0.0110. The lowest BCUT2D eigenvalue weighted by atomic mass is 10.0. The van der Waals surface area contributed by atoms with Crippen molar-refractivity contribution in [1.29, 1.82) is 0 Å². The smallest absolute Gasteiger partial charge is 0.227 e. The van der Waals surface area contributed by atoms with E-state index in [0.717, 1.165) is 24.1 Å². The lowest BCUT2D eigenvalue weighted by Gasteiger charge is -2.32. The molecular formula is C22H27N3O3. The van der Waals surface area contributed by atoms with Gasteiger partial charge in [0, 0.05) is 32.4 Å². The zero-order chi connectivity index (χ0) is 19.9. The summed E-state index contributed by atoms with van der Waals surface area (Å²) in [5, 5.41) is 12.5. The molecular weight excluding hydrogens is 354 g/mol. The van der Waals surface area contributed by atoms with Crippen molar-refractivity contribution in [3.8, 4) is 0 Å². The number of carbonyl (C=O) groups excluding carboxylic acids is 2. The average molecular weight is 381 g/mol. The van der Waals surface area contributed by atoms with Crippen LogP contribution in [-0.2, 0) is 16.0 Å². The van der Waals surface area contributed by atoms with Crippen LogP contribution in [0.25, 0.3) is 0 Å². The number of nitrogens with one attached hydrogen (secondary N) is 1. The van der Waals surface area contributed by atoms with Gasteiger partial charge in [-0.15, -0.1) is 0 Å². The summed E-state index contributed by atoms with van der Waals surface area (Å²) < 4.78 is 0. The number of anilines is 1. The van der Waals surface area contributed by atoms with Gasteiger partial charge in [-0.05, 0) is 29.7 Å². The molecule has 6 heteroatoms. The van der Waals surface area contributed by atoms with E-state index in [-0.39, 0.29) is 24.5 Å². The Bertz CT molecular complexity index is 797. The molecule has 0 aromatic heterocycles. The van der Waals surface area contributed by atoms with Crippen molar-refractivity contribution in [3.05, 3.63) is 65.7 Å². The zero-order valence-corrected chi connectivity index (χ0v) is 16.1. The number of hydrogen-bond donors (Lipinski definition) is 2. The van der Waals surface area contributed by atoms with E-state index in [9.17, 15) is 14.7 Å². The molecule has 148 valence electrons. The number of β-amino-alcohol motifs (C(OH)–C–C–N with tert-alkyl or cyclic N) is 1. The Morgan fingerprint density at radius 2 is 2.07 bits per heavy atom. The summed E-state index contributed by atoms with van der Waals surface area (Å²) in [4.78, 5) is 27.6. The second-order valence-electron chi connectivity index (χ2n) is 7.27. The molecule has 0 unspecified atom stereocenters. The van der Waals surface area contributed by atoms with Crippen LogP contribution in [0.15, 0.2) is 54.6 Å². The SMILES string of the molecule is CN(C(=O)Cc1cccc(NC=O)c1)[C@H](CN1CC[C@H](O)C1)c1ccccc1. The van der Waals surface area contributed by atoms with Crippen molar-refractivity contribution in [1.82, 2.24) is 9.80 Å². The monoisotopic (exact) mass is 381 g/mol. The molecule has 2 aromatic carbocycles. The van der Waals surface area contributed by atoms with E-state index in [1.165, 1.54) is 0 Å². The number of amides is 2. The van der Waals surface area contributed by atoms with Crippen LogP contribution in [0.3, 0.4) is 0 Å². The molecule has 1 saturated heterocycles. The quantitative estimate of drug-likeness (QED) is 0.687. The first-order chi connectivity index (χ1) is 13.6. The Labute approximate surface area is 165 Å². The van der Waals surface area contributed by atoms with Gasteiger partial charge in [0.25, 0.3) is 0 Å².